The van der Waals surface area contributed by atoms with E-state index in [2.05, 4.69) is 55.6 Å². The van der Waals surface area contributed by atoms with Crippen LogP contribution >= 0.6 is 7.82 Å². The first-order chi connectivity index (χ1) is 36.5. The smallest absolute Gasteiger partial charge is 0.268 e. The van der Waals surface area contributed by atoms with Crippen molar-refractivity contribution in [3.05, 3.63) is 48.6 Å². The number of aliphatic hydroxyl groups is 1. The van der Waals surface area contributed by atoms with Crippen LogP contribution in [0.1, 0.15) is 316 Å². The van der Waals surface area contributed by atoms with Gasteiger partial charge in [0.05, 0.1) is 39.9 Å². The third-order valence-corrected chi connectivity index (χ3v) is 15.7. The van der Waals surface area contributed by atoms with E-state index in [1.807, 2.05) is 27.2 Å². The van der Waals surface area contributed by atoms with Crippen molar-refractivity contribution in [2.45, 2.75) is 328 Å². The number of carbonyl (C=O) groups is 1. The van der Waals surface area contributed by atoms with Crippen LogP contribution in [-0.2, 0) is 18.4 Å². The van der Waals surface area contributed by atoms with E-state index in [4.69, 9.17) is 9.05 Å². The second-order valence-electron chi connectivity index (χ2n) is 23.5. The van der Waals surface area contributed by atoms with Crippen molar-refractivity contribution in [2.75, 3.05) is 40.9 Å². The van der Waals surface area contributed by atoms with E-state index in [9.17, 15) is 19.4 Å². The van der Waals surface area contributed by atoms with Gasteiger partial charge in [-0.05, 0) is 57.8 Å². The average Bonchev–Trinajstić information content (AvgIpc) is 3.37. The number of allylic oxidation sites excluding steroid dienone is 7. The molecule has 0 bridgehead atoms. The summed E-state index contributed by atoms with van der Waals surface area (Å²) in [7, 11) is 1.27. The van der Waals surface area contributed by atoms with Gasteiger partial charge in [-0.2, -0.15) is 0 Å². The monoisotopic (exact) mass is 1070 g/mol. The molecule has 0 heterocycles. The maximum absolute atomic E-state index is 13.0. The molecule has 3 atom stereocenters. The molecule has 9 heteroatoms. The highest BCUT2D eigenvalue weighted by molar-refractivity contribution is 7.45. The van der Waals surface area contributed by atoms with Gasteiger partial charge in [0.2, 0.25) is 5.91 Å². The molecule has 0 spiro atoms. The lowest BCUT2D eigenvalue weighted by Gasteiger charge is -2.29. The van der Waals surface area contributed by atoms with Crippen molar-refractivity contribution in [1.82, 2.24) is 5.32 Å². The van der Waals surface area contributed by atoms with E-state index < -0.39 is 20.0 Å². The Labute approximate surface area is 467 Å². The second kappa shape index (κ2) is 57.2. The molecular weight excluding hydrogens is 948 g/mol. The van der Waals surface area contributed by atoms with Crippen molar-refractivity contribution in [1.29, 1.82) is 0 Å². The van der Waals surface area contributed by atoms with E-state index in [1.165, 1.54) is 244 Å². The molecule has 0 aliphatic rings. The summed E-state index contributed by atoms with van der Waals surface area (Å²) in [6, 6.07) is -0.887. The molecule has 0 aromatic carbocycles. The van der Waals surface area contributed by atoms with Gasteiger partial charge in [0.15, 0.2) is 0 Å². The highest BCUT2D eigenvalue weighted by Gasteiger charge is 2.23. The predicted molar refractivity (Wildman–Crippen MR) is 325 cm³/mol. The summed E-state index contributed by atoms with van der Waals surface area (Å²) in [5, 5.41) is 13.9. The molecule has 442 valence electrons. The van der Waals surface area contributed by atoms with Crippen molar-refractivity contribution in [3.63, 3.8) is 0 Å². The van der Waals surface area contributed by atoms with Gasteiger partial charge in [0.1, 0.15) is 13.2 Å². The third-order valence-electron chi connectivity index (χ3n) is 14.8. The van der Waals surface area contributed by atoms with E-state index >= 15 is 0 Å². The molecule has 0 fully saturated rings. The average molecular weight is 1080 g/mol. The first kappa shape index (κ1) is 73.5. The molecule has 0 rings (SSSR count). The standard InChI is InChI=1S/C66H127N2O6P/c1-6-8-10-12-14-16-18-20-22-24-26-28-29-30-31-32-33-34-35-36-37-38-39-40-42-44-46-48-50-52-54-56-58-60-66(70)67-64(63-74-75(71,72)73-62-61-68(3,4)5)65(69)59-57-55-53-51-49-47-45-43-41-27-25-23-21-19-17-15-13-11-9-7-2/h18,20,24,26,29-30,57,59,64-65,69H,6-17,19,21-23,25,27-28,31-56,58,60-63H2,1-5H3,(H-,67,70,71,72)/b20-18-,26-24-,30-29-,59-57+. The summed E-state index contributed by atoms with van der Waals surface area (Å²) in [5.41, 5.74) is 0. The van der Waals surface area contributed by atoms with Crippen LogP contribution in [0.5, 0.6) is 0 Å². The fourth-order valence-corrected chi connectivity index (χ4v) is 10.4. The van der Waals surface area contributed by atoms with Gasteiger partial charge in [-0.15, -0.1) is 0 Å². The van der Waals surface area contributed by atoms with Crippen LogP contribution in [0, 0.1) is 0 Å². The van der Waals surface area contributed by atoms with Gasteiger partial charge in [-0.25, -0.2) is 0 Å². The highest BCUT2D eigenvalue weighted by Crippen LogP contribution is 2.38. The van der Waals surface area contributed by atoms with Crippen LogP contribution in [-0.4, -0.2) is 68.5 Å². The lowest BCUT2D eigenvalue weighted by atomic mass is 10.0. The van der Waals surface area contributed by atoms with Gasteiger partial charge in [-0.1, -0.05) is 300 Å². The molecule has 0 aromatic heterocycles. The lowest BCUT2D eigenvalue weighted by molar-refractivity contribution is -0.870. The molecule has 0 saturated carbocycles. The van der Waals surface area contributed by atoms with Crippen LogP contribution in [0.15, 0.2) is 48.6 Å². The van der Waals surface area contributed by atoms with Crippen LogP contribution < -0.4 is 10.2 Å². The molecule has 1 amide bonds. The Bertz CT molecular complexity index is 1360. The minimum absolute atomic E-state index is 0.0000263. The van der Waals surface area contributed by atoms with Crippen molar-refractivity contribution in [3.8, 4) is 0 Å². The first-order valence-electron chi connectivity index (χ1n) is 32.5. The number of rotatable bonds is 60. The summed E-state index contributed by atoms with van der Waals surface area (Å²) < 4.78 is 23.4. The molecule has 0 aliphatic heterocycles. The number of amides is 1. The van der Waals surface area contributed by atoms with E-state index in [1.54, 1.807) is 6.08 Å². The van der Waals surface area contributed by atoms with Gasteiger partial charge in [0, 0.05) is 6.42 Å². The lowest BCUT2D eigenvalue weighted by Crippen LogP contribution is -2.45. The Morgan fingerprint density at radius 2 is 0.773 bits per heavy atom. The molecule has 0 aromatic rings. The van der Waals surface area contributed by atoms with E-state index in [0.717, 1.165) is 51.4 Å². The van der Waals surface area contributed by atoms with Crippen LogP contribution in [0.25, 0.3) is 0 Å². The van der Waals surface area contributed by atoms with Gasteiger partial charge >= 0.3 is 0 Å². The SMILES string of the molecule is CCCCCCC/C=C\C/C=C\C/C=C\CCCCCCCCCCCCCCCCCCCCC(=O)NC(COP(=O)([O-])OCC[N+](C)(C)C)C(O)/C=C/CCCCCCCCCCCCCCCCCCCC. The maximum Gasteiger partial charge on any atom is 0.268 e. The van der Waals surface area contributed by atoms with Gasteiger partial charge < -0.3 is 28.8 Å². The molecule has 3 unspecified atom stereocenters. The zero-order valence-electron chi connectivity index (χ0n) is 50.5. The Kier molecular flexibility index (Phi) is 56.0. The number of nitrogens with zero attached hydrogens (tertiary/aromatic N) is 1. The number of phosphoric ester groups is 1. The summed E-state index contributed by atoms with van der Waals surface area (Å²) in [6.07, 6.45) is 76.4. The third kappa shape index (κ3) is 60.0. The summed E-state index contributed by atoms with van der Waals surface area (Å²) in [5.74, 6) is -0.193. The number of carbonyl (C=O) groups excluding carboxylic acids is 1. The van der Waals surface area contributed by atoms with Crippen LogP contribution in [0.3, 0.4) is 0 Å². The Morgan fingerprint density at radius 1 is 0.467 bits per heavy atom. The van der Waals surface area contributed by atoms with Gasteiger partial charge in [-0.3, -0.25) is 9.36 Å². The number of phosphoric acid groups is 1. The molecule has 0 saturated heterocycles. The van der Waals surface area contributed by atoms with E-state index in [0.29, 0.717) is 17.4 Å². The molecule has 8 nitrogen and oxygen atoms in total. The number of hydrogen-bond acceptors (Lipinski definition) is 6. The summed E-state index contributed by atoms with van der Waals surface area (Å²) in [6.45, 7) is 4.68. The van der Waals surface area contributed by atoms with Crippen molar-refractivity contribution < 1.29 is 32.9 Å². The highest BCUT2D eigenvalue weighted by atomic mass is 31.2. The number of quaternary nitrogens is 1. The molecule has 0 aliphatic carbocycles. The number of hydrogen-bond donors (Lipinski definition) is 2. The number of likely N-dealkylation sites (N-methyl/N-ethyl adjacent to an activating group) is 1. The topological polar surface area (TPSA) is 108 Å². The fraction of sp³-hybridized carbons (Fsp3) is 0.864. The predicted octanol–water partition coefficient (Wildman–Crippen LogP) is 19.6. The summed E-state index contributed by atoms with van der Waals surface area (Å²) >= 11 is 0. The van der Waals surface area contributed by atoms with Crippen molar-refractivity contribution >= 4 is 13.7 Å². The first-order valence-corrected chi connectivity index (χ1v) is 34.0. The normalized spacial score (nSPS) is 14.1. The minimum atomic E-state index is -4.60. The summed E-state index contributed by atoms with van der Waals surface area (Å²) in [4.78, 5) is 25.6. The largest absolute Gasteiger partial charge is 0.756 e. The Hall–Kier alpha value is -1.54. The number of nitrogens with one attached hydrogen (secondary N) is 1. The Balaban J connectivity index is 4.06. The zero-order chi connectivity index (χ0) is 54.9. The number of aliphatic hydroxyl groups excluding tert-OH is 1. The van der Waals surface area contributed by atoms with Crippen LogP contribution in [0.2, 0.25) is 0 Å². The Morgan fingerprint density at radius 3 is 1.12 bits per heavy atom. The molecule has 75 heavy (non-hydrogen) atoms. The maximum atomic E-state index is 13.0. The minimum Gasteiger partial charge on any atom is -0.756 e. The zero-order valence-corrected chi connectivity index (χ0v) is 51.4. The molecule has 0 radical (unpaired) electrons. The van der Waals surface area contributed by atoms with Gasteiger partial charge in [0.25, 0.3) is 7.82 Å². The molecule has 2 N–H and O–H groups in total. The fourth-order valence-electron chi connectivity index (χ4n) is 9.69. The quantitative estimate of drug-likeness (QED) is 0.0272. The molecular formula is C66H127N2O6P. The number of unbranched alkanes of at least 4 members (excludes halogenated alkanes) is 41. The van der Waals surface area contributed by atoms with Crippen LogP contribution in [0.4, 0.5) is 0 Å². The second-order valence-corrected chi connectivity index (χ2v) is 24.9. The van der Waals surface area contributed by atoms with Crippen molar-refractivity contribution in [2.24, 2.45) is 0 Å². The van der Waals surface area contributed by atoms with E-state index in [-0.39, 0.29) is 19.1 Å².